The van der Waals surface area contributed by atoms with E-state index in [2.05, 4.69) is 10.6 Å². The lowest BCUT2D eigenvalue weighted by Gasteiger charge is -2.13. The Morgan fingerprint density at radius 3 is 2.23 bits per heavy atom. The molecule has 2 N–H and O–H groups in total. The Morgan fingerprint density at radius 1 is 0.867 bits per heavy atom. The van der Waals surface area contributed by atoms with Gasteiger partial charge < -0.3 is 10.6 Å². The van der Waals surface area contributed by atoms with Crippen molar-refractivity contribution in [2.75, 3.05) is 10.6 Å². The van der Waals surface area contributed by atoms with E-state index >= 15 is 0 Å². The van der Waals surface area contributed by atoms with Crippen LogP contribution in [0.4, 0.5) is 11.4 Å². The van der Waals surface area contributed by atoms with E-state index in [0.29, 0.717) is 5.69 Å². The van der Waals surface area contributed by atoms with E-state index in [0.717, 1.165) is 21.7 Å². The summed E-state index contributed by atoms with van der Waals surface area (Å²) in [6, 6.07) is 24.9. The highest BCUT2D eigenvalue weighted by Crippen LogP contribution is 2.26. The fourth-order valence-corrected chi connectivity index (χ4v) is 3.61. The fourth-order valence-electron chi connectivity index (χ4n) is 2.74. The quantitative estimate of drug-likeness (QED) is 0.380. The normalized spacial score (nSPS) is 11.8. The van der Waals surface area contributed by atoms with Gasteiger partial charge in [0.05, 0.1) is 5.25 Å². The summed E-state index contributed by atoms with van der Waals surface area (Å²) >= 11 is 1.47. The molecule has 0 heterocycles. The maximum Gasteiger partial charge on any atom is 0.248 e. The number of para-hydroxylation sites is 1. The fraction of sp³-hybridized carbons (Fsp3) is 0.120. The number of thioether (sulfide) groups is 1. The molecule has 152 valence electrons. The highest BCUT2D eigenvalue weighted by atomic mass is 32.2. The van der Waals surface area contributed by atoms with E-state index in [-0.39, 0.29) is 17.1 Å². The van der Waals surface area contributed by atoms with Gasteiger partial charge in [0.1, 0.15) is 0 Å². The second-order valence-corrected chi connectivity index (χ2v) is 8.24. The van der Waals surface area contributed by atoms with Crippen molar-refractivity contribution >= 4 is 41.0 Å². The number of carbonyl (C=O) groups is 2. The van der Waals surface area contributed by atoms with Gasteiger partial charge in [-0.25, -0.2) is 0 Å². The van der Waals surface area contributed by atoms with Crippen LogP contribution in [0.3, 0.4) is 0 Å². The third kappa shape index (κ3) is 6.36. The van der Waals surface area contributed by atoms with Gasteiger partial charge in [-0.2, -0.15) is 0 Å². The molecule has 0 saturated carbocycles. The Bertz CT molecular complexity index is 1030. The van der Waals surface area contributed by atoms with E-state index < -0.39 is 0 Å². The van der Waals surface area contributed by atoms with Gasteiger partial charge in [0.15, 0.2) is 0 Å². The van der Waals surface area contributed by atoms with Crippen molar-refractivity contribution < 1.29 is 9.59 Å². The van der Waals surface area contributed by atoms with E-state index in [1.165, 1.54) is 17.8 Å². The highest BCUT2D eigenvalue weighted by molar-refractivity contribution is 8.00. The summed E-state index contributed by atoms with van der Waals surface area (Å²) in [4.78, 5) is 25.5. The first-order valence-electron chi connectivity index (χ1n) is 9.68. The van der Waals surface area contributed by atoms with Gasteiger partial charge in [0.25, 0.3) is 0 Å². The van der Waals surface area contributed by atoms with Crippen molar-refractivity contribution in [1.29, 1.82) is 0 Å². The van der Waals surface area contributed by atoms with Crippen LogP contribution in [0.1, 0.15) is 18.1 Å². The van der Waals surface area contributed by atoms with Gasteiger partial charge in [-0.3, -0.25) is 9.59 Å². The number of carbonyl (C=O) groups excluding carboxylic acids is 2. The maximum absolute atomic E-state index is 12.5. The van der Waals surface area contributed by atoms with Crippen molar-refractivity contribution in [3.05, 3.63) is 96.1 Å². The number of hydrogen-bond donors (Lipinski definition) is 2. The van der Waals surface area contributed by atoms with Crippen LogP contribution in [0, 0.1) is 6.92 Å². The number of anilines is 2. The number of nitrogens with one attached hydrogen (secondary N) is 2. The molecule has 0 spiro atoms. The topological polar surface area (TPSA) is 58.2 Å². The maximum atomic E-state index is 12.5. The Hall–Kier alpha value is -3.31. The molecule has 30 heavy (non-hydrogen) atoms. The number of benzene rings is 3. The van der Waals surface area contributed by atoms with Crippen LogP contribution >= 0.6 is 11.8 Å². The van der Waals surface area contributed by atoms with E-state index in [4.69, 9.17) is 0 Å². The van der Waals surface area contributed by atoms with Crippen molar-refractivity contribution in [3.8, 4) is 0 Å². The number of rotatable bonds is 7. The predicted molar refractivity (Wildman–Crippen MR) is 126 cm³/mol. The molecule has 0 fully saturated rings. The van der Waals surface area contributed by atoms with Gasteiger partial charge in [0, 0.05) is 22.3 Å². The van der Waals surface area contributed by atoms with Crippen molar-refractivity contribution in [2.45, 2.75) is 24.0 Å². The van der Waals surface area contributed by atoms with Crippen LogP contribution in [-0.2, 0) is 9.59 Å². The molecule has 3 aromatic rings. The van der Waals surface area contributed by atoms with Crippen LogP contribution in [0.25, 0.3) is 6.08 Å². The van der Waals surface area contributed by atoms with Gasteiger partial charge >= 0.3 is 0 Å². The van der Waals surface area contributed by atoms with Crippen LogP contribution in [0.2, 0.25) is 0 Å². The first kappa shape index (κ1) is 21.4. The lowest BCUT2D eigenvalue weighted by molar-refractivity contribution is -0.115. The van der Waals surface area contributed by atoms with Crippen LogP contribution in [-0.4, -0.2) is 17.1 Å². The lowest BCUT2D eigenvalue weighted by atomic mass is 10.2. The van der Waals surface area contributed by atoms with Crippen LogP contribution in [0.5, 0.6) is 0 Å². The minimum Gasteiger partial charge on any atom is -0.325 e. The van der Waals surface area contributed by atoms with E-state index in [9.17, 15) is 9.59 Å². The third-order valence-corrected chi connectivity index (χ3v) is 5.55. The Labute approximate surface area is 181 Å². The Balaban J connectivity index is 1.52. The number of aryl methyl sites for hydroxylation is 1. The minimum absolute atomic E-state index is 0.0438. The van der Waals surface area contributed by atoms with Gasteiger partial charge in [-0.1, -0.05) is 48.5 Å². The third-order valence-electron chi connectivity index (χ3n) is 4.43. The molecule has 1 unspecified atom stereocenters. The second-order valence-electron chi connectivity index (χ2n) is 6.82. The van der Waals surface area contributed by atoms with Crippen molar-refractivity contribution in [2.24, 2.45) is 0 Å². The zero-order chi connectivity index (χ0) is 21.3. The zero-order valence-electron chi connectivity index (χ0n) is 17.0. The molecule has 4 nitrogen and oxygen atoms in total. The molecule has 3 rings (SSSR count). The summed E-state index contributed by atoms with van der Waals surface area (Å²) in [5, 5.41) is 5.56. The minimum atomic E-state index is -0.251. The van der Waals surface area contributed by atoms with Crippen molar-refractivity contribution in [1.82, 2.24) is 0 Å². The van der Waals surface area contributed by atoms with Crippen LogP contribution < -0.4 is 10.6 Å². The van der Waals surface area contributed by atoms with E-state index in [1.807, 2.05) is 92.7 Å². The molecule has 3 aromatic carbocycles. The second kappa shape index (κ2) is 10.5. The molecular weight excluding hydrogens is 392 g/mol. The monoisotopic (exact) mass is 416 g/mol. The molecule has 0 bridgehead atoms. The summed E-state index contributed by atoms with van der Waals surface area (Å²) < 4.78 is 0. The lowest BCUT2D eigenvalue weighted by Crippen LogP contribution is -2.22. The molecule has 5 heteroatoms. The standard InChI is InChI=1S/C25H24N2O2S/c1-18-8-6-7-11-23(18)27-25(29)19(2)30-22-15-13-21(14-16-22)26-24(28)17-12-20-9-4-3-5-10-20/h3-17,19H,1-2H3,(H,26,28)(H,27,29)/b17-12+. The average molecular weight is 417 g/mol. The number of hydrogen-bond acceptors (Lipinski definition) is 3. The highest BCUT2D eigenvalue weighted by Gasteiger charge is 2.15. The molecule has 0 saturated heterocycles. The first-order valence-corrected chi connectivity index (χ1v) is 10.6. The first-order chi connectivity index (χ1) is 14.5. The zero-order valence-corrected chi connectivity index (χ0v) is 17.8. The molecule has 0 aliphatic heterocycles. The van der Waals surface area contributed by atoms with Crippen LogP contribution in [0.15, 0.2) is 89.8 Å². The Morgan fingerprint density at radius 2 is 1.53 bits per heavy atom. The van der Waals surface area contributed by atoms with Gasteiger partial charge in [-0.15, -0.1) is 11.8 Å². The largest absolute Gasteiger partial charge is 0.325 e. The number of amides is 2. The molecule has 0 aliphatic rings. The predicted octanol–water partition coefficient (Wildman–Crippen LogP) is 5.77. The molecule has 0 aliphatic carbocycles. The smallest absolute Gasteiger partial charge is 0.248 e. The Kier molecular flexibility index (Phi) is 7.46. The summed E-state index contributed by atoms with van der Waals surface area (Å²) in [7, 11) is 0. The van der Waals surface area contributed by atoms with E-state index in [1.54, 1.807) is 6.08 Å². The summed E-state index contributed by atoms with van der Waals surface area (Å²) in [5.41, 5.74) is 3.54. The molecule has 2 amide bonds. The van der Waals surface area contributed by atoms with Crippen molar-refractivity contribution in [3.63, 3.8) is 0 Å². The van der Waals surface area contributed by atoms with Gasteiger partial charge in [-0.05, 0) is 61.4 Å². The summed E-state index contributed by atoms with van der Waals surface area (Å²) in [6.45, 7) is 3.85. The van der Waals surface area contributed by atoms with Gasteiger partial charge in [0.2, 0.25) is 11.8 Å². The summed E-state index contributed by atoms with van der Waals surface area (Å²) in [5.74, 6) is -0.233. The molecule has 1 atom stereocenters. The molecule has 0 aromatic heterocycles. The average Bonchev–Trinajstić information content (AvgIpc) is 2.76. The SMILES string of the molecule is Cc1ccccc1NC(=O)C(C)Sc1ccc(NC(=O)/C=C/c2ccccc2)cc1. The molecule has 0 radical (unpaired) electrons. The summed E-state index contributed by atoms with van der Waals surface area (Å²) in [6.07, 6.45) is 3.28. The molecular formula is C25H24N2O2S.